The van der Waals surface area contributed by atoms with Crippen molar-refractivity contribution < 1.29 is 14.0 Å². The van der Waals surface area contributed by atoms with Crippen LogP contribution in [0.4, 0.5) is 10.1 Å². The number of amides is 2. The number of halogens is 2. The Morgan fingerprint density at radius 1 is 1.13 bits per heavy atom. The van der Waals surface area contributed by atoms with Crippen LogP contribution in [0.5, 0.6) is 0 Å². The number of aliphatic imine (C=N–C) groups is 1. The number of piperidine rings is 1. The van der Waals surface area contributed by atoms with E-state index in [4.69, 9.17) is 11.6 Å². The summed E-state index contributed by atoms with van der Waals surface area (Å²) in [5.41, 5.74) is 1.74. The zero-order valence-corrected chi connectivity index (χ0v) is 17.3. The summed E-state index contributed by atoms with van der Waals surface area (Å²) in [5.74, 6) is -0.703. The second-order valence-electron chi connectivity index (χ2n) is 7.63. The van der Waals surface area contributed by atoms with E-state index in [1.54, 1.807) is 36.4 Å². The highest BCUT2D eigenvalue weighted by Gasteiger charge is 2.28. The van der Waals surface area contributed by atoms with E-state index in [1.807, 2.05) is 4.90 Å². The first-order chi connectivity index (χ1) is 14.5. The molecule has 0 spiro atoms. The van der Waals surface area contributed by atoms with E-state index in [9.17, 15) is 14.0 Å². The Kier molecular flexibility index (Phi) is 6.13. The van der Waals surface area contributed by atoms with Gasteiger partial charge in [0.25, 0.3) is 0 Å². The molecule has 2 heterocycles. The van der Waals surface area contributed by atoms with Crippen LogP contribution < -0.4 is 5.32 Å². The summed E-state index contributed by atoms with van der Waals surface area (Å²) in [7, 11) is 0. The van der Waals surface area contributed by atoms with E-state index in [1.165, 1.54) is 6.07 Å². The fraction of sp³-hybridized carbons (Fsp3) is 0.348. The van der Waals surface area contributed by atoms with Gasteiger partial charge in [0, 0.05) is 35.7 Å². The molecule has 5 nitrogen and oxygen atoms in total. The Labute approximate surface area is 179 Å². The smallest absolute Gasteiger partial charge is 0.249 e. The monoisotopic (exact) mass is 427 g/mol. The standard InChI is InChI=1S/C23H23ClFN3O2/c24-15-8-9-19-17(14-15)22(16-6-2-3-7-18(16)25)26-20(23(30)27-19)10-11-21(29)28-12-4-1-5-13-28/h2-3,6-9,14,20H,1,4-5,10-13H2,(H,27,30). The van der Waals surface area contributed by atoms with Crippen LogP contribution in [-0.4, -0.2) is 41.6 Å². The van der Waals surface area contributed by atoms with Gasteiger partial charge in [0.1, 0.15) is 11.9 Å². The number of hydrogen-bond acceptors (Lipinski definition) is 3. The number of hydrogen-bond donors (Lipinski definition) is 1. The molecule has 1 N–H and O–H groups in total. The third-order valence-corrected chi connectivity index (χ3v) is 5.79. The summed E-state index contributed by atoms with van der Waals surface area (Å²) in [5, 5.41) is 3.33. The number of benzodiazepines with no additional fused rings is 1. The molecule has 1 saturated heterocycles. The van der Waals surface area contributed by atoms with Gasteiger partial charge in [0.2, 0.25) is 11.8 Å². The number of nitrogens with zero attached hydrogens (tertiary/aromatic N) is 2. The number of carbonyl (C=O) groups is 2. The van der Waals surface area contributed by atoms with E-state index in [2.05, 4.69) is 10.3 Å². The number of rotatable bonds is 4. The lowest BCUT2D eigenvalue weighted by atomic mass is 10.00. The van der Waals surface area contributed by atoms with E-state index < -0.39 is 11.9 Å². The molecule has 0 aliphatic carbocycles. The van der Waals surface area contributed by atoms with E-state index in [0.29, 0.717) is 27.5 Å². The molecular formula is C23H23ClFN3O2. The highest BCUT2D eigenvalue weighted by Crippen LogP contribution is 2.29. The number of benzene rings is 2. The molecule has 2 aliphatic rings. The maximum absolute atomic E-state index is 14.6. The highest BCUT2D eigenvalue weighted by atomic mass is 35.5. The molecule has 2 amide bonds. The lowest BCUT2D eigenvalue weighted by Gasteiger charge is -2.27. The van der Waals surface area contributed by atoms with Gasteiger partial charge in [0.15, 0.2) is 0 Å². The van der Waals surface area contributed by atoms with Gasteiger partial charge in [-0.15, -0.1) is 0 Å². The molecule has 7 heteroatoms. The van der Waals surface area contributed by atoms with Crippen LogP contribution in [0.3, 0.4) is 0 Å². The Morgan fingerprint density at radius 3 is 2.67 bits per heavy atom. The molecule has 4 rings (SSSR count). The molecule has 0 aromatic heterocycles. The van der Waals surface area contributed by atoms with Crippen molar-refractivity contribution in [3.8, 4) is 0 Å². The largest absolute Gasteiger partial charge is 0.343 e. The molecule has 0 radical (unpaired) electrons. The quantitative estimate of drug-likeness (QED) is 0.784. The van der Waals surface area contributed by atoms with Crippen molar-refractivity contribution in [2.24, 2.45) is 4.99 Å². The molecule has 1 atom stereocenters. The number of likely N-dealkylation sites (tertiary alicyclic amines) is 1. The molecule has 30 heavy (non-hydrogen) atoms. The van der Waals surface area contributed by atoms with Crippen molar-refractivity contribution in [3.63, 3.8) is 0 Å². The van der Waals surface area contributed by atoms with E-state index in [-0.39, 0.29) is 24.7 Å². The predicted molar refractivity (Wildman–Crippen MR) is 116 cm³/mol. The Hall–Kier alpha value is -2.73. The predicted octanol–water partition coefficient (Wildman–Crippen LogP) is 4.43. The summed E-state index contributed by atoms with van der Waals surface area (Å²) in [4.78, 5) is 31.9. The van der Waals surface area contributed by atoms with Crippen molar-refractivity contribution >= 4 is 34.8 Å². The van der Waals surface area contributed by atoms with Crippen LogP contribution in [0.15, 0.2) is 47.5 Å². The fourth-order valence-electron chi connectivity index (χ4n) is 3.95. The zero-order chi connectivity index (χ0) is 21.1. The third-order valence-electron chi connectivity index (χ3n) is 5.55. The molecule has 2 aromatic rings. The first-order valence-electron chi connectivity index (χ1n) is 10.2. The van der Waals surface area contributed by atoms with Crippen molar-refractivity contribution in [2.75, 3.05) is 18.4 Å². The summed E-state index contributed by atoms with van der Waals surface area (Å²) >= 11 is 6.17. The zero-order valence-electron chi connectivity index (χ0n) is 16.5. The molecule has 2 aromatic carbocycles. The highest BCUT2D eigenvalue weighted by molar-refractivity contribution is 6.32. The first-order valence-corrected chi connectivity index (χ1v) is 10.6. The molecular weight excluding hydrogens is 405 g/mol. The van der Waals surface area contributed by atoms with Gasteiger partial charge in [-0.1, -0.05) is 23.7 Å². The lowest BCUT2D eigenvalue weighted by molar-refractivity contribution is -0.132. The second kappa shape index (κ2) is 8.96. The van der Waals surface area contributed by atoms with Crippen LogP contribution >= 0.6 is 11.6 Å². The SMILES string of the molecule is O=C1Nc2ccc(Cl)cc2C(c2ccccc2F)=NC1CCC(=O)N1CCCCC1. The van der Waals surface area contributed by atoms with Crippen LogP contribution in [0.2, 0.25) is 5.02 Å². The molecule has 0 saturated carbocycles. The summed E-state index contributed by atoms with van der Waals surface area (Å²) in [6.07, 6.45) is 3.67. The first kappa shape index (κ1) is 20.5. The van der Waals surface area contributed by atoms with E-state index in [0.717, 1.165) is 32.4 Å². The van der Waals surface area contributed by atoms with Gasteiger partial charge in [-0.2, -0.15) is 0 Å². The number of anilines is 1. The van der Waals surface area contributed by atoms with Gasteiger partial charge >= 0.3 is 0 Å². The molecule has 0 bridgehead atoms. The topological polar surface area (TPSA) is 61.8 Å². The average molecular weight is 428 g/mol. The fourth-order valence-corrected chi connectivity index (χ4v) is 4.12. The number of carbonyl (C=O) groups excluding carboxylic acids is 2. The Bertz CT molecular complexity index is 1000. The van der Waals surface area contributed by atoms with Gasteiger partial charge in [-0.3, -0.25) is 14.6 Å². The van der Waals surface area contributed by atoms with Crippen molar-refractivity contribution in [2.45, 2.75) is 38.1 Å². The minimum Gasteiger partial charge on any atom is -0.343 e. The number of fused-ring (bicyclic) bond motifs is 1. The average Bonchev–Trinajstić information content (AvgIpc) is 2.89. The van der Waals surface area contributed by atoms with Crippen LogP contribution in [0.1, 0.15) is 43.2 Å². The Morgan fingerprint density at radius 2 is 1.90 bits per heavy atom. The maximum Gasteiger partial charge on any atom is 0.249 e. The van der Waals surface area contributed by atoms with Crippen molar-refractivity contribution in [1.29, 1.82) is 0 Å². The van der Waals surface area contributed by atoms with Gasteiger partial charge in [-0.05, 0) is 56.0 Å². The minimum atomic E-state index is -0.792. The Balaban J connectivity index is 1.65. The summed E-state index contributed by atoms with van der Waals surface area (Å²) in [6, 6.07) is 10.5. The molecule has 156 valence electrons. The van der Waals surface area contributed by atoms with Gasteiger partial charge < -0.3 is 10.2 Å². The number of nitrogens with one attached hydrogen (secondary N) is 1. The molecule has 1 unspecified atom stereocenters. The second-order valence-corrected chi connectivity index (χ2v) is 8.07. The summed E-state index contributed by atoms with van der Waals surface area (Å²) < 4.78 is 14.6. The van der Waals surface area contributed by atoms with E-state index >= 15 is 0 Å². The van der Waals surface area contributed by atoms with Crippen molar-refractivity contribution in [3.05, 3.63) is 64.4 Å². The van der Waals surface area contributed by atoms with Crippen LogP contribution in [0, 0.1) is 5.82 Å². The maximum atomic E-state index is 14.6. The normalized spacial score (nSPS) is 18.9. The molecule has 1 fully saturated rings. The minimum absolute atomic E-state index is 0.0370. The van der Waals surface area contributed by atoms with Crippen LogP contribution in [-0.2, 0) is 9.59 Å². The van der Waals surface area contributed by atoms with Crippen molar-refractivity contribution in [1.82, 2.24) is 4.90 Å². The lowest BCUT2D eigenvalue weighted by Crippen LogP contribution is -2.36. The van der Waals surface area contributed by atoms with Gasteiger partial charge in [-0.25, -0.2) is 4.39 Å². The summed E-state index contributed by atoms with van der Waals surface area (Å²) in [6.45, 7) is 1.53. The molecule has 2 aliphatic heterocycles. The van der Waals surface area contributed by atoms with Gasteiger partial charge in [0.05, 0.1) is 11.4 Å². The van der Waals surface area contributed by atoms with Crippen LogP contribution in [0.25, 0.3) is 0 Å². The third kappa shape index (κ3) is 4.38.